The Morgan fingerprint density at radius 3 is 2.80 bits per heavy atom. The number of Topliss-reactive ketones (excluding diaryl/α,β-unsaturated/α-hetero) is 1. The summed E-state index contributed by atoms with van der Waals surface area (Å²) in [5.74, 6) is -1.77. The molecule has 1 aromatic rings. The van der Waals surface area contributed by atoms with Gasteiger partial charge in [0, 0.05) is 17.5 Å². The fraction of sp³-hybridized carbons (Fsp3) is 0.467. The van der Waals surface area contributed by atoms with E-state index >= 15 is 0 Å². The monoisotopic (exact) mass is 297 g/mol. The number of carbonyl (C=O) groups excluding carboxylic acids is 2. The van der Waals surface area contributed by atoms with Crippen molar-refractivity contribution in [1.29, 1.82) is 0 Å². The van der Waals surface area contributed by atoms with Crippen LogP contribution in [0.5, 0.6) is 0 Å². The number of anilines is 1. The van der Waals surface area contributed by atoms with E-state index in [4.69, 9.17) is 11.6 Å². The summed E-state index contributed by atoms with van der Waals surface area (Å²) in [6, 6.07) is 4.10. The lowest BCUT2D eigenvalue weighted by atomic mass is 9.87. The van der Waals surface area contributed by atoms with Crippen molar-refractivity contribution < 1.29 is 14.0 Å². The molecule has 108 valence electrons. The van der Waals surface area contributed by atoms with E-state index in [1.807, 2.05) is 0 Å². The number of hydrogen-bond donors (Lipinski definition) is 0. The average molecular weight is 298 g/mol. The smallest absolute Gasteiger partial charge is 0.237 e. The number of carbonyl (C=O) groups is 2. The van der Waals surface area contributed by atoms with Crippen LogP contribution in [-0.2, 0) is 9.59 Å². The third kappa shape index (κ3) is 2.85. The average Bonchev–Trinajstić information content (AvgIpc) is 2.41. The Morgan fingerprint density at radius 2 is 2.15 bits per heavy atom. The summed E-state index contributed by atoms with van der Waals surface area (Å²) in [4.78, 5) is 25.8. The SMILES string of the molecule is CC(C)C(=O)[C@H]1CCCN(c2cc(Cl)ccc2F)C1=O. The van der Waals surface area contributed by atoms with Gasteiger partial charge in [-0.15, -0.1) is 0 Å². The Balaban J connectivity index is 2.31. The van der Waals surface area contributed by atoms with Gasteiger partial charge in [-0.25, -0.2) is 4.39 Å². The molecule has 1 saturated heterocycles. The van der Waals surface area contributed by atoms with Gasteiger partial charge in [0.05, 0.1) is 11.6 Å². The highest BCUT2D eigenvalue weighted by Gasteiger charge is 2.36. The van der Waals surface area contributed by atoms with Gasteiger partial charge in [0.2, 0.25) is 5.91 Å². The molecule has 0 unspecified atom stereocenters. The summed E-state index contributed by atoms with van der Waals surface area (Å²) in [5, 5.41) is 0.367. The van der Waals surface area contributed by atoms with E-state index in [1.165, 1.54) is 23.1 Å². The van der Waals surface area contributed by atoms with E-state index in [0.717, 1.165) is 0 Å². The van der Waals surface area contributed by atoms with Crippen molar-refractivity contribution in [1.82, 2.24) is 0 Å². The molecule has 0 bridgehead atoms. The van der Waals surface area contributed by atoms with Crippen molar-refractivity contribution in [3.05, 3.63) is 29.0 Å². The van der Waals surface area contributed by atoms with E-state index in [2.05, 4.69) is 0 Å². The fourth-order valence-electron chi connectivity index (χ4n) is 2.47. The number of benzene rings is 1. The second kappa shape index (κ2) is 5.92. The van der Waals surface area contributed by atoms with Gasteiger partial charge in [-0.2, -0.15) is 0 Å². The second-order valence-electron chi connectivity index (χ2n) is 5.34. The molecule has 5 heteroatoms. The summed E-state index contributed by atoms with van der Waals surface area (Å²) < 4.78 is 13.9. The van der Waals surface area contributed by atoms with Crippen molar-refractivity contribution in [3.8, 4) is 0 Å². The van der Waals surface area contributed by atoms with Crippen LogP contribution in [0, 0.1) is 17.7 Å². The highest BCUT2D eigenvalue weighted by Crippen LogP contribution is 2.30. The molecule has 1 fully saturated rings. The lowest BCUT2D eigenvalue weighted by Crippen LogP contribution is -2.45. The number of rotatable bonds is 3. The van der Waals surface area contributed by atoms with Gasteiger partial charge in [0.1, 0.15) is 11.6 Å². The van der Waals surface area contributed by atoms with Crippen molar-refractivity contribution in [2.75, 3.05) is 11.4 Å². The highest BCUT2D eigenvalue weighted by molar-refractivity contribution is 6.31. The van der Waals surface area contributed by atoms with Crippen molar-refractivity contribution in [3.63, 3.8) is 0 Å². The molecule has 20 heavy (non-hydrogen) atoms. The van der Waals surface area contributed by atoms with Crippen molar-refractivity contribution in [2.45, 2.75) is 26.7 Å². The van der Waals surface area contributed by atoms with Gasteiger partial charge in [-0.1, -0.05) is 25.4 Å². The normalized spacial score (nSPS) is 19.6. The van der Waals surface area contributed by atoms with Crippen LogP contribution in [-0.4, -0.2) is 18.2 Å². The van der Waals surface area contributed by atoms with Gasteiger partial charge in [-0.3, -0.25) is 9.59 Å². The van der Waals surface area contributed by atoms with Crippen LogP contribution in [0.1, 0.15) is 26.7 Å². The Hall–Kier alpha value is -1.42. The zero-order chi connectivity index (χ0) is 14.9. The van der Waals surface area contributed by atoms with Gasteiger partial charge in [0.25, 0.3) is 0 Å². The van der Waals surface area contributed by atoms with Gasteiger partial charge >= 0.3 is 0 Å². The predicted molar refractivity (Wildman–Crippen MR) is 76.3 cm³/mol. The maximum atomic E-state index is 13.9. The Kier molecular flexibility index (Phi) is 4.43. The summed E-state index contributed by atoms with van der Waals surface area (Å²) in [6.07, 6.45) is 1.22. The molecule has 2 rings (SSSR count). The standard InChI is InChI=1S/C15H17ClFNO2/c1-9(2)14(19)11-4-3-7-18(15(11)20)13-8-10(16)5-6-12(13)17/h5-6,8-9,11H,3-4,7H2,1-2H3/t11-/m1/s1. The molecular weight excluding hydrogens is 281 g/mol. The summed E-state index contributed by atoms with van der Waals surface area (Å²) in [6.45, 7) is 3.96. The van der Waals surface area contributed by atoms with Crippen LogP contribution < -0.4 is 4.90 Å². The van der Waals surface area contributed by atoms with Crippen LogP contribution in [0.15, 0.2) is 18.2 Å². The van der Waals surface area contributed by atoms with E-state index < -0.39 is 11.7 Å². The molecule has 1 aromatic carbocycles. The number of hydrogen-bond acceptors (Lipinski definition) is 2. The molecule has 0 N–H and O–H groups in total. The van der Waals surface area contributed by atoms with Crippen molar-refractivity contribution in [2.24, 2.45) is 11.8 Å². The Morgan fingerprint density at radius 1 is 1.45 bits per heavy atom. The predicted octanol–water partition coefficient (Wildman–Crippen LogP) is 3.45. The zero-order valence-electron chi connectivity index (χ0n) is 11.5. The van der Waals surface area contributed by atoms with Crippen LogP contribution >= 0.6 is 11.6 Å². The quantitative estimate of drug-likeness (QED) is 0.801. The molecule has 1 aliphatic rings. The highest BCUT2D eigenvalue weighted by atomic mass is 35.5. The van der Waals surface area contributed by atoms with Crippen LogP contribution in [0.2, 0.25) is 5.02 Å². The molecule has 3 nitrogen and oxygen atoms in total. The molecule has 1 amide bonds. The first-order valence-corrected chi connectivity index (χ1v) is 7.09. The first-order valence-electron chi connectivity index (χ1n) is 6.72. The second-order valence-corrected chi connectivity index (χ2v) is 5.77. The minimum atomic E-state index is -0.665. The summed E-state index contributed by atoms with van der Waals surface area (Å²) >= 11 is 5.86. The van der Waals surface area contributed by atoms with E-state index in [9.17, 15) is 14.0 Å². The lowest BCUT2D eigenvalue weighted by molar-refractivity contribution is -0.135. The van der Waals surface area contributed by atoms with Gasteiger partial charge < -0.3 is 4.90 Å². The maximum absolute atomic E-state index is 13.9. The number of piperidine rings is 1. The van der Waals surface area contributed by atoms with Crippen molar-refractivity contribution >= 4 is 29.0 Å². The number of nitrogens with zero attached hydrogens (tertiary/aromatic N) is 1. The Labute approximate surface area is 122 Å². The van der Waals surface area contributed by atoms with Crippen LogP contribution in [0.25, 0.3) is 0 Å². The molecule has 1 atom stereocenters. The fourth-order valence-corrected chi connectivity index (χ4v) is 2.64. The molecule has 0 aliphatic carbocycles. The molecule has 0 saturated carbocycles. The number of halogens is 2. The molecule has 0 radical (unpaired) electrons. The first kappa shape index (κ1) is 15.0. The molecule has 1 aliphatic heterocycles. The van der Waals surface area contributed by atoms with E-state index in [-0.39, 0.29) is 23.3 Å². The van der Waals surface area contributed by atoms with E-state index in [1.54, 1.807) is 13.8 Å². The van der Waals surface area contributed by atoms with Crippen LogP contribution in [0.3, 0.4) is 0 Å². The topological polar surface area (TPSA) is 37.4 Å². The molecular formula is C15H17ClFNO2. The zero-order valence-corrected chi connectivity index (χ0v) is 12.3. The molecule has 1 heterocycles. The van der Waals surface area contributed by atoms with E-state index in [0.29, 0.717) is 24.4 Å². The van der Waals surface area contributed by atoms with Gasteiger partial charge in [-0.05, 0) is 31.0 Å². The van der Waals surface area contributed by atoms with Crippen LogP contribution in [0.4, 0.5) is 10.1 Å². The Bertz CT molecular complexity index is 545. The number of ketones is 1. The summed E-state index contributed by atoms with van der Waals surface area (Å²) in [7, 11) is 0. The largest absolute Gasteiger partial charge is 0.309 e. The minimum Gasteiger partial charge on any atom is -0.309 e. The number of amides is 1. The van der Waals surface area contributed by atoms with Gasteiger partial charge in [0.15, 0.2) is 0 Å². The molecule has 0 spiro atoms. The maximum Gasteiger partial charge on any atom is 0.237 e. The minimum absolute atomic E-state index is 0.0814. The lowest BCUT2D eigenvalue weighted by Gasteiger charge is -2.32. The molecule has 0 aromatic heterocycles. The first-order chi connectivity index (χ1) is 9.41. The summed E-state index contributed by atoms with van der Waals surface area (Å²) in [5.41, 5.74) is 0.156. The third-order valence-corrected chi connectivity index (χ3v) is 3.79. The third-order valence-electron chi connectivity index (χ3n) is 3.55.